The first kappa shape index (κ1) is 20.4. The first-order chi connectivity index (χ1) is 14.2. The van der Waals surface area contributed by atoms with Crippen LogP contribution in [0.1, 0.15) is 60.1 Å². The van der Waals surface area contributed by atoms with Crippen molar-refractivity contribution in [3.05, 3.63) is 106 Å². The predicted octanol–water partition coefficient (Wildman–Crippen LogP) is 6.53. The van der Waals surface area contributed by atoms with Crippen LogP contribution in [0.15, 0.2) is 66.7 Å². The molecule has 0 spiro atoms. The molecule has 0 amide bonds. The van der Waals surface area contributed by atoms with Gasteiger partial charge >= 0.3 is 0 Å². The topological polar surface area (TPSA) is 0 Å². The minimum absolute atomic E-state index is 0.264. The summed E-state index contributed by atoms with van der Waals surface area (Å²) in [5.74, 6) is 12.1. The lowest BCUT2D eigenvalue weighted by Crippen LogP contribution is -1.87. The largest absolute Gasteiger partial charge is 0.206 e. The van der Waals surface area contributed by atoms with Crippen LogP contribution in [0.5, 0.6) is 0 Å². The summed E-state index contributed by atoms with van der Waals surface area (Å²) < 4.78 is 14.0. The van der Waals surface area contributed by atoms with Gasteiger partial charge in [0, 0.05) is 16.7 Å². The van der Waals surface area contributed by atoms with Crippen LogP contribution < -0.4 is 0 Å². The van der Waals surface area contributed by atoms with Crippen LogP contribution >= 0.6 is 0 Å². The summed E-state index contributed by atoms with van der Waals surface area (Å²) in [6.07, 6.45) is 4.37. The molecule has 0 aliphatic heterocycles. The van der Waals surface area contributed by atoms with E-state index < -0.39 is 0 Å². The highest BCUT2D eigenvalue weighted by atomic mass is 19.1. The van der Waals surface area contributed by atoms with Crippen molar-refractivity contribution in [2.24, 2.45) is 0 Å². The van der Waals surface area contributed by atoms with Crippen LogP contribution in [0.4, 0.5) is 4.39 Å². The van der Waals surface area contributed by atoms with Crippen LogP contribution in [-0.4, -0.2) is 0 Å². The van der Waals surface area contributed by atoms with E-state index in [0.717, 1.165) is 35.1 Å². The number of benzene rings is 3. The molecule has 29 heavy (non-hydrogen) atoms. The summed E-state index contributed by atoms with van der Waals surface area (Å²) >= 11 is 0. The maximum absolute atomic E-state index is 14.0. The molecule has 0 radical (unpaired) electrons. The predicted molar refractivity (Wildman–Crippen MR) is 119 cm³/mol. The third-order valence-electron chi connectivity index (χ3n) is 4.79. The third kappa shape index (κ3) is 6.10. The normalized spacial score (nSPS) is 9.90. The zero-order valence-electron chi connectivity index (χ0n) is 17.1. The molecule has 0 atom stereocenters. The van der Waals surface area contributed by atoms with Crippen LogP contribution in [0.25, 0.3) is 0 Å². The molecule has 0 aliphatic carbocycles. The Kier molecular flexibility index (Phi) is 7.27. The van der Waals surface area contributed by atoms with Gasteiger partial charge in [0.2, 0.25) is 0 Å². The van der Waals surface area contributed by atoms with E-state index in [0.29, 0.717) is 5.56 Å². The fourth-order valence-corrected chi connectivity index (χ4v) is 2.94. The summed E-state index contributed by atoms with van der Waals surface area (Å²) in [5, 5.41) is 0. The molecule has 0 heterocycles. The molecule has 1 heteroatoms. The van der Waals surface area contributed by atoms with Crippen molar-refractivity contribution in [2.75, 3.05) is 0 Å². The quantitative estimate of drug-likeness (QED) is 0.451. The monoisotopic (exact) mass is 380 g/mol. The Bertz CT molecular complexity index is 1070. The van der Waals surface area contributed by atoms with Gasteiger partial charge in [-0.2, -0.15) is 0 Å². The van der Waals surface area contributed by atoms with Crippen molar-refractivity contribution in [3.8, 4) is 23.7 Å². The van der Waals surface area contributed by atoms with E-state index in [9.17, 15) is 4.39 Å². The highest BCUT2D eigenvalue weighted by molar-refractivity contribution is 5.48. The average molecular weight is 381 g/mol. The van der Waals surface area contributed by atoms with E-state index in [1.165, 1.54) is 18.4 Å². The van der Waals surface area contributed by atoms with Crippen LogP contribution in [0, 0.1) is 29.5 Å². The van der Waals surface area contributed by atoms with Crippen molar-refractivity contribution in [1.82, 2.24) is 0 Å². The summed E-state index contributed by atoms with van der Waals surface area (Å²) in [4.78, 5) is 0. The van der Waals surface area contributed by atoms with Gasteiger partial charge in [0.05, 0.1) is 5.56 Å². The molecule has 0 unspecified atom stereocenters. The van der Waals surface area contributed by atoms with Gasteiger partial charge in [-0.15, -0.1) is 0 Å². The minimum atomic E-state index is -0.264. The molecule has 0 nitrogen and oxygen atoms in total. The second kappa shape index (κ2) is 10.3. The fourth-order valence-electron chi connectivity index (χ4n) is 2.94. The fraction of sp³-hybridized carbons (Fsp3) is 0.214. The highest BCUT2D eigenvalue weighted by Crippen LogP contribution is 2.11. The van der Waals surface area contributed by atoms with E-state index in [2.05, 4.69) is 54.9 Å². The Hall–Kier alpha value is -3.29. The van der Waals surface area contributed by atoms with E-state index in [-0.39, 0.29) is 5.82 Å². The second-order valence-corrected chi connectivity index (χ2v) is 7.05. The zero-order valence-corrected chi connectivity index (χ0v) is 17.1. The van der Waals surface area contributed by atoms with Gasteiger partial charge in [-0.05, 0) is 78.9 Å². The van der Waals surface area contributed by atoms with Crippen LogP contribution in [-0.2, 0) is 12.8 Å². The van der Waals surface area contributed by atoms with Crippen molar-refractivity contribution < 1.29 is 4.39 Å². The number of rotatable bonds is 4. The third-order valence-corrected chi connectivity index (χ3v) is 4.79. The molecular weight excluding hydrogens is 355 g/mol. The Morgan fingerprint density at radius 1 is 0.655 bits per heavy atom. The lowest BCUT2D eigenvalue weighted by molar-refractivity contribution is 0.622. The highest BCUT2D eigenvalue weighted by Gasteiger charge is 2.00. The maximum Gasteiger partial charge on any atom is 0.139 e. The smallest absolute Gasteiger partial charge is 0.139 e. The second-order valence-electron chi connectivity index (χ2n) is 7.05. The molecule has 0 saturated carbocycles. The van der Waals surface area contributed by atoms with Crippen molar-refractivity contribution >= 4 is 0 Å². The number of halogens is 1. The van der Waals surface area contributed by atoms with E-state index in [4.69, 9.17) is 0 Å². The van der Waals surface area contributed by atoms with Gasteiger partial charge in [-0.25, -0.2) is 4.39 Å². The molecule has 3 aromatic rings. The maximum atomic E-state index is 14.0. The first-order valence-corrected chi connectivity index (χ1v) is 10.2. The van der Waals surface area contributed by atoms with Gasteiger partial charge < -0.3 is 0 Å². The molecule has 3 rings (SSSR count). The van der Waals surface area contributed by atoms with Gasteiger partial charge in [-0.3, -0.25) is 0 Å². The van der Waals surface area contributed by atoms with Crippen LogP contribution in [0.3, 0.4) is 0 Å². The summed E-state index contributed by atoms with van der Waals surface area (Å²) in [5.41, 5.74) is 5.56. The van der Waals surface area contributed by atoms with Crippen molar-refractivity contribution in [2.45, 2.75) is 39.5 Å². The summed E-state index contributed by atoms with van der Waals surface area (Å²) in [6, 6.07) is 21.4. The molecule has 0 saturated heterocycles. The summed E-state index contributed by atoms with van der Waals surface area (Å²) in [7, 11) is 0. The molecule has 3 aromatic carbocycles. The molecule has 144 valence electrons. The molecule has 0 aromatic heterocycles. The number of hydrogen-bond acceptors (Lipinski definition) is 0. The van der Waals surface area contributed by atoms with E-state index in [1.54, 1.807) is 12.1 Å². The Labute approximate surface area is 173 Å². The van der Waals surface area contributed by atoms with E-state index in [1.807, 2.05) is 37.3 Å². The minimum Gasteiger partial charge on any atom is -0.206 e. The lowest BCUT2D eigenvalue weighted by Gasteiger charge is -1.99. The molecule has 0 aliphatic rings. The molecular formula is C28H25F. The average Bonchev–Trinajstić information content (AvgIpc) is 2.76. The standard InChI is InChI=1S/C28H25F/c1-3-5-6-23-7-9-24(10-8-23)11-12-25-13-15-26(16-14-25)18-20-27-19-17-22(4-2)21-28(27)29/h7-10,13-17,19,21H,3-6H2,1-2H3. The first-order valence-electron chi connectivity index (χ1n) is 10.2. The SMILES string of the molecule is CCCCc1ccc(C#Cc2ccc(C#Cc3ccc(CC)cc3F)cc2)cc1. The van der Waals surface area contributed by atoms with Crippen molar-refractivity contribution in [1.29, 1.82) is 0 Å². The van der Waals surface area contributed by atoms with Gasteiger partial charge in [-0.1, -0.05) is 62.1 Å². The number of hydrogen-bond donors (Lipinski definition) is 0. The van der Waals surface area contributed by atoms with Gasteiger partial charge in [0.15, 0.2) is 0 Å². The Morgan fingerprint density at radius 2 is 1.17 bits per heavy atom. The van der Waals surface area contributed by atoms with Gasteiger partial charge in [0.1, 0.15) is 5.82 Å². The van der Waals surface area contributed by atoms with Crippen LogP contribution in [0.2, 0.25) is 0 Å². The summed E-state index contributed by atoms with van der Waals surface area (Å²) in [6.45, 7) is 4.21. The Balaban J connectivity index is 1.66. The van der Waals surface area contributed by atoms with E-state index >= 15 is 0 Å². The Morgan fingerprint density at radius 3 is 1.69 bits per heavy atom. The van der Waals surface area contributed by atoms with Gasteiger partial charge in [0.25, 0.3) is 0 Å². The lowest BCUT2D eigenvalue weighted by atomic mass is 10.1. The molecule has 0 fully saturated rings. The number of aryl methyl sites for hydroxylation is 2. The zero-order chi connectivity index (χ0) is 20.5. The number of unbranched alkanes of at least 4 members (excludes halogenated alkanes) is 1. The molecule has 0 N–H and O–H groups in total. The van der Waals surface area contributed by atoms with Crippen molar-refractivity contribution in [3.63, 3.8) is 0 Å². The molecule has 0 bridgehead atoms.